The molecule has 1 aliphatic carbocycles. The number of ether oxygens (including phenoxy) is 1. The summed E-state index contributed by atoms with van der Waals surface area (Å²) in [6.45, 7) is 5.38. The Morgan fingerprint density at radius 1 is 1.47 bits per heavy atom. The fourth-order valence-electron chi connectivity index (χ4n) is 2.27. The lowest BCUT2D eigenvalue weighted by molar-refractivity contribution is -0.170. The fraction of sp³-hybridized carbons (Fsp3) is 0.846. The van der Waals surface area contributed by atoms with Crippen molar-refractivity contribution in [1.29, 1.82) is 0 Å². The van der Waals surface area contributed by atoms with Gasteiger partial charge in [0.05, 0.1) is 0 Å². The Labute approximate surface area is 102 Å². The van der Waals surface area contributed by atoms with Crippen LogP contribution in [0.15, 0.2) is 0 Å². The van der Waals surface area contributed by atoms with E-state index in [0.717, 1.165) is 6.42 Å². The van der Waals surface area contributed by atoms with Gasteiger partial charge in [0.1, 0.15) is 16.8 Å². The first kappa shape index (κ1) is 14.2. The van der Waals surface area contributed by atoms with Crippen molar-refractivity contribution in [1.82, 2.24) is 0 Å². The van der Waals surface area contributed by atoms with Crippen LogP contribution in [0.1, 0.15) is 52.9 Å². The van der Waals surface area contributed by atoms with Gasteiger partial charge in [0, 0.05) is 13.0 Å². The van der Waals surface area contributed by atoms with Gasteiger partial charge in [-0.05, 0) is 46.5 Å². The molecule has 1 rings (SSSR count). The first-order valence-corrected chi connectivity index (χ1v) is 6.19. The molecular formula is C13H22O4. The van der Waals surface area contributed by atoms with Crippen LogP contribution in [-0.4, -0.2) is 29.1 Å². The zero-order valence-electron chi connectivity index (χ0n) is 10.9. The Morgan fingerprint density at radius 2 is 2.12 bits per heavy atom. The first-order chi connectivity index (χ1) is 7.82. The second kappa shape index (κ2) is 5.17. The molecule has 17 heavy (non-hydrogen) atoms. The van der Waals surface area contributed by atoms with E-state index < -0.39 is 17.0 Å². The van der Waals surface area contributed by atoms with Crippen LogP contribution in [0.4, 0.5) is 0 Å². The zero-order valence-corrected chi connectivity index (χ0v) is 10.9. The molecule has 0 saturated heterocycles. The Hall–Kier alpha value is -0.900. The summed E-state index contributed by atoms with van der Waals surface area (Å²) in [6.07, 6.45) is 2.61. The molecule has 4 heteroatoms. The second-order valence-corrected chi connectivity index (χ2v) is 5.69. The van der Waals surface area contributed by atoms with Gasteiger partial charge in [-0.15, -0.1) is 0 Å². The highest BCUT2D eigenvalue weighted by Crippen LogP contribution is 2.41. The highest BCUT2D eigenvalue weighted by atomic mass is 16.6. The summed E-state index contributed by atoms with van der Waals surface area (Å²) in [4.78, 5) is 24.1. The molecule has 0 aliphatic heterocycles. The topological polar surface area (TPSA) is 63.6 Å². The highest BCUT2D eigenvalue weighted by Gasteiger charge is 2.50. The lowest BCUT2D eigenvalue weighted by atomic mass is 9.80. The van der Waals surface area contributed by atoms with Gasteiger partial charge in [-0.2, -0.15) is 0 Å². The number of aliphatic hydroxyl groups excluding tert-OH is 1. The van der Waals surface area contributed by atoms with Crippen LogP contribution in [0.2, 0.25) is 0 Å². The quantitative estimate of drug-likeness (QED) is 0.603. The summed E-state index contributed by atoms with van der Waals surface area (Å²) >= 11 is 0. The first-order valence-electron chi connectivity index (χ1n) is 6.19. The molecule has 0 bridgehead atoms. The zero-order chi connectivity index (χ0) is 13.1. The van der Waals surface area contributed by atoms with Crippen molar-refractivity contribution in [3.05, 3.63) is 0 Å². The van der Waals surface area contributed by atoms with E-state index in [0.29, 0.717) is 25.7 Å². The van der Waals surface area contributed by atoms with Crippen molar-refractivity contribution in [3.63, 3.8) is 0 Å². The third-order valence-corrected chi connectivity index (χ3v) is 3.09. The molecule has 1 fully saturated rings. The monoisotopic (exact) mass is 242 g/mol. The predicted octanol–water partition coefficient (Wildman–Crippen LogP) is 1.84. The summed E-state index contributed by atoms with van der Waals surface area (Å²) in [5.41, 5.74) is -1.57. The van der Waals surface area contributed by atoms with Crippen molar-refractivity contribution < 1.29 is 19.4 Å². The Balaban J connectivity index is 2.83. The molecule has 1 atom stereocenters. The van der Waals surface area contributed by atoms with Gasteiger partial charge in [0.2, 0.25) is 0 Å². The number of Topliss-reactive ketones (excluding diaryl/α,β-unsaturated/α-hetero) is 1. The molecule has 0 heterocycles. The van der Waals surface area contributed by atoms with E-state index in [1.165, 1.54) is 0 Å². The van der Waals surface area contributed by atoms with Gasteiger partial charge in [0.15, 0.2) is 0 Å². The smallest absolute Gasteiger partial charge is 0.320 e. The molecule has 0 radical (unpaired) electrons. The SMILES string of the molecule is CC(C)(C)OC(=O)[C@]1(CCCO)CCCC1=O. The maximum atomic E-state index is 12.2. The number of hydrogen-bond donors (Lipinski definition) is 1. The van der Waals surface area contributed by atoms with Crippen LogP contribution in [0.25, 0.3) is 0 Å². The van der Waals surface area contributed by atoms with Gasteiger partial charge in [-0.1, -0.05) is 0 Å². The molecule has 1 aliphatic rings. The van der Waals surface area contributed by atoms with E-state index in [1.807, 2.05) is 0 Å². The standard InChI is InChI=1S/C13H22O4/c1-12(2,3)17-11(16)13(8-5-9-14)7-4-6-10(13)15/h14H,4-9H2,1-3H3/t13-/m0/s1. The van der Waals surface area contributed by atoms with Crippen molar-refractivity contribution in [2.24, 2.45) is 5.41 Å². The summed E-state index contributed by atoms with van der Waals surface area (Å²) in [6, 6.07) is 0. The highest BCUT2D eigenvalue weighted by molar-refractivity contribution is 6.05. The third-order valence-electron chi connectivity index (χ3n) is 3.09. The van der Waals surface area contributed by atoms with Crippen LogP contribution in [0, 0.1) is 5.41 Å². The van der Waals surface area contributed by atoms with Crippen LogP contribution >= 0.6 is 0 Å². The number of carbonyl (C=O) groups excluding carboxylic acids is 2. The molecule has 4 nitrogen and oxygen atoms in total. The molecule has 0 spiro atoms. The second-order valence-electron chi connectivity index (χ2n) is 5.69. The number of aliphatic hydroxyl groups is 1. The lowest BCUT2D eigenvalue weighted by Crippen LogP contribution is -2.40. The molecule has 0 unspecified atom stereocenters. The number of esters is 1. The minimum absolute atomic E-state index is 0.00215. The number of rotatable bonds is 4. The molecule has 0 aromatic heterocycles. The molecule has 1 saturated carbocycles. The lowest BCUT2D eigenvalue weighted by Gasteiger charge is -2.29. The van der Waals surface area contributed by atoms with Crippen molar-refractivity contribution in [2.75, 3.05) is 6.61 Å². The van der Waals surface area contributed by atoms with Crippen molar-refractivity contribution >= 4 is 11.8 Å². The third kappa shape index (κ3) is 3.28. The average molecular weight is 242 g/mol. The molecular weight excluding hydrogens is 220 g/mol. The van der Waals surface area contributed by atoms with E-state index in [4.69, 9.17) is 9.84 Å². The largest absolute Gasteiger partial charge is 0.459 e. The Kier molecular flexibility index (Phi) is 4.31. The van der Waals surface area contributed by atoms with Crippen LogP contribution in [0.5, 0.6) is 0 Å². The van der Waals surface area contributed by atoms with Crippen molar-refractivity contribution in [2.45, 2.75) is 58.5 Å². The van der Waals surface area contributed by atoms with E-state index in [9.17, 15) is 9.59 Å². The Bertz CT molecular complexity index is 303. The maximum Gasteiger partial charge on any atom is 0.320 e. The van der Waals surface area contributed by atoms with Gasteiger partial charge in [-0.3, -0.25) is 9.59 Å². The minimum Gasteiger partial charge on any atom is -0.459 e. The van der Waals surface area contributed by atoms with Crippen LogP contribution < -0.4 is 0 Å². The molecule has 0 aromatic carbocycles. The summed E-state index contributed by atoms with van der Waals surface area (Å²) in [5, 5.41) is 8.88. The van der Waals surface area contributed by atoms with Crippen molar-refractivity contribution in [3.8, 4) is 0 Å². The van der Waals surface area contributed by atoms with E-state index in [-0.39, 0.29) is 12.4 Å². The molecule has 1 N–H and O–H groups in total. The van der Waals surface area contributed by atoms with E-state index in [1.54, 1.807) is 20.8 Å². The molecule has 0 amide bonds. The Morgan fingerprint density at radius 3 is 2.53 bits per heavy atom. The molecule has 98 valence electrons. The maximum absolute atomic E-state index is 12.2. The van der Waals surface area contributed by atoms with Gasteiger partial charge in [-0.25, -0.2) is 0 Å². The van der Waals surface area contributed by atoms with Gasteiger partial charge in [0.25, 0.3) is 0 Å². The van der Waals surface area contributed by atoms with E-state index >= 15 is 0 Å². The number of carbonyl (C=O) groups is 2. The summed E-state index contributed by atoms with van der Waals surface area (Å²) in [7, 11) is 0. The number of hydrogen-bond acceptors (Lipinski definition) is 4. The predicted molar refractivity (Wildman–Crippen MR) is 63.5 cm³/mol. The minimum atomic E-state index is -0.990. The normalized spacial score (nSPS) is 25.1. The van der Waals surface area contributed by atoms with Crippen LogP contribution in [-0.2, 0) is 14.3 Å². The summed E-state index contributed by atoms with van der Waals surface area (Å²) in [5.74, 6) is -0.443. The summed E-state index contributed by atoms with van der Waals surface area (Å²) < 4.78 is 5.35. The van der Waals surface area contributed by atoms with E-state index in [2.05, 4.69) is 0 Å². The average Bonchev–Trinajstić information content (AvgIpc) is 2.55. The van der Waals surface area contributed by atoms with Gasteiger partial charge >= 0.3 is 5.97 Å². The fourth-order valence-corrected chi connectivity index (χ4v) is 2.27. The number of ketones is 1. The van der Waals surface area contributed by atoms with Gasteiger partial charge < -0.3 is 9.84 Å². The van der Waals surface area contributed by atoms with Crippen LogP contribution in [0.3, 0.4) is 0 Å². The molecule has 0 aromatic rings.